The Hall–Kier alpha value is -1.81. The highest BCUT2D eigenvalue weighted by Gasteiger charge is 2.15. The Morgan fingerprint density at radius 3 is 2.42 bits per heavy atom. The summed E-state index contributed by atoms with van der Waals surface area (Å²) in [4.78, 5) is 22.7. The molecule has 1 rings (SSSR count). The molecule has 102 valence electrons. The Kier molecular flexibility index (Phi) is 5.12. The van der Waals surface area contributed by atoms with E-state index >= 15 is 0 Å². The minimum absolute atomic E-state index is 0.0378. The fourth-order valence-electron chi connectivity index (χ4n) is 1.49. The third kappa shape index (κ3) is 4.10. The van der Waals surface area contributed by atoms with E-state index in [1.807, 2.05) is 13.0 Å². The zero-order valence-corrected chi connectivity index (χ0v) is 11.8. The summed E-state index contributed by atoms with van der Waals surface area (Å²) in [6.45, 7) is 4.71. The fraction of sp³-hybridized carbons (Fsp3) is 0.286. The number of aliphatic carboxylic acids is 1. The second-order valence-electron chi connectivity index (χ2n) is 4.31. The van der Waals surface area contributed by atoms with Gasteiger partial charge in [-0.2, -0.15) is 0 Å². The lowest BCUT2D eigenvalue weighted by Crippen LogP contribution is -2.28. The molecule has 0 aliphatic rings. The van der Waals surface area contributed by atoms with Crippen molar-refractivity contribution in [1.82, 2.24) is 5.32 Å². The van der Waals surface area contributed by atoms with Crippen LogP contribution in [0.2, 0.25) is 5.02 Å². The molecule has 4 nitrogen and oxygen atoms in total. The van der Waals surface area contributed by atoms with Crippen molar-refractivity contribution in [2.75, 3.05) is 0 Å². The van der Waals surface area contributed by atoms with E-state index in [4.69, 9.17) is 16.7 Å². The third-order valence-corrected chi connectivity index (χ3v) is 3.16. The number of hydrogen-bond acceptors (Lipinski definition) is 2. The SMILES string of the molecule is C/C(C(=O)O)=C(\C)C(=O)N[C@@H](C)c1cccc(Cl)c1. The second-order valence-corrected chi connectivity index (χ2v) is 4.74. The lowest BCUT2D eigenvalue weighted by Gasteiger charge is -2.15. The van der Waals surface area contributed by atoms with Crippen molar-refractivity contribution in [3.8, 4) is 0 Å². The van der Waals surface area contributed by atoms with Gasteiger partial charge in [0.15, 0.2) is 0 Å². The molecule has 0 saturated carbocycles. The van der Waals surface area contributed by atoms with Crippen LogP contribution in [0.3, 0.4) is 0 Å². The predicted octanol–water partition coefficient (Wildman–Crippen LogP) is 2.94. The molecule has 0 aliphatic heterocycles. The van der Waals surface area contributed by atoms with Gasteiger partial charge in [-0.05, 0) is 38.5 Å². The van der Waals surface area contributed by atoms with Crippen molar-refractivity contribution in [3.05, 3.63) is 46.0 Å². The minimum atomic E-state index is -1.09. The maximum absolute atomic E-state index is 11.9. The van der Waals surface area contributed by atoms with Gasteiger partial charge < -0.3 is 10.4 Å². The minimum Gasteiger partial charge on any atom is -0.478 e. The van der Waals surface area contributed by atoms with Crippen molar-refractivity contribution in [1.29, 1.82) is 0 Å². The average Bonchev–Trinajstić information content (AvgIpc) is 2.36. The molecule has 1 atom stereocenters. The van der Waals surface area contributed by atoms with Gasteiger partial charge in [-0.3, -0.25) is 4.79 Å². The van der Waals surface area contributed by atoms with E-state index in [0.717, 1.165) is 5.56 Å². The smallest absolute Gasteiger partial charge is 0.331 e. The highest BCUT2D eigenvalue weighted by atomic mass is 35.5. The first kappa shape index (κ1) is 15.2. The van der Waals surface area contributed by atoms with Gasteiger partial charge in [-0.25, -0.2) is 4.79 Å². The number of amides is 1. The summed E-state index contributed by atoms with van der Waals surface area (Å²) >= 11 is 5.88. The molecule has 0 aromatic heterocycles. The average molecular weight is 282 g/mol. The molecule has 2 N–H and O–H groups in total. The Balaban J connectivity index is 2.83. The lowest BCUT2D eigenvalue weighted by atomic mass is 10.1. The van der Waals surface area contributed by atoms with Crippen LogP contribution in [0.4, 0.5) is 0 Å². The van der Waals surface area contributed by atoms with Gasteiger partial charge in [-0.1, -0.05) is 23.7 Å². The van der Waals surface area contributed by atoms with E-state index in [2.05, 4.69) is 5.32 Å². The fourth-order valence-corrected chi connectivity index (χ4v) is 1.69. The molecule has 0 heterocycles. The lowest BCUT2D eigenvalue weighted by molar-refractivity contribution is -0.133. The first-order chi connectivity index (χ1) is 8.82. The molecule has 0 bridgehead atoms. The number of nitrogens with one attached hydrogen (secondary N) is 1. The standard InChI is InChI=1S/C14H16ClNO3/c1-8(9(2)14(18)19)13(17)16-10(3)11-5-4-6-12(15)7-11/h4-7,10H,1-3H3,(H,16,17)(H,18,19)/b9-8-/t10-/m0/s1. The van der Waals surface area contributed by atoms with Crippen molar-refractivity contribution in [2.24, 2.45) is 0 Å². The van der Waals surface area contributed by atoms with E-state index in [9.17, 15) is 9.59 Å². The van der Waals surface area contributed by atoms with E-state index < -0.39 is 11.9 Å². The van der Waals surface area contributed by atoms with Gasteiger partial charge in [0, 0.05) is 16.2 Å². The van der Waals surface area contributed by atoms with Crippen LogP contribution in [0, 0.1) is 0 Å². The molecule has 19 heavy (non-hydrogen) atoms. The molecule has 0 fully saturated rings. The first-order valence-electron chi connectivity index (χ1n) is 5.80. The summed E-state index contributed by atoms with van der Waals surface area (Å²) in [5.74, 6) is -1.49. The molecular formula is C14H16ClNO3. The first-order valence-corrected chi connectivity index (χ1v) is 6.17. The summed E-state index contributed by atoms with van der Waals surface area (Å²) < 4.78 is 0. The van der Waals surface area contributed by atoms with Crippen molar-refractivity contribution < 1.29 is 14.7 Å². The van der Waals surface area contributed by atoms with Gasteiger partial charge in [-0.15, -0.1) is 0 Å². The van der Waals surface area contributed by atoms with E-state index in [1.165, 1.54) is 13.8 Å². The monoisotopic (exact) mass is 281 g/mol. The van der Waals surface area contributed by atoms with Crippen LogP contribution in [0.1, 0.15) is 32.4 Å². The molecule has 1 aromatic rings. The highest BCUT2D eigenvalue weighted by molar-refractivity contribution is 6.30. The summed E-state index contributed by atoms with van der Waals surface area (Å²) in [7, 11) is 0. The van der Waals surface area contributed by atoms with Crippen LogP contribution in [-0.2, 0) is 9.59 Å². The topological polar surface area (TPSA) is 66.4 Å². The summed E-state index contributed by atoms with van der Waals surface area (Å²) in [5.41, 5.74) is 1.10. The molecule has 1 amide bonds. The van der Waals surface area contributed by atoms with Crippen molar-refractivity contribution in [2.45, 2.75) is 26.8 Å². The molecule has 1 aromatic carbocycles. The van der Waals surface area contributed by atoms with Crippen LogP contribution in [0.5, 0.6) is 0 Å². The molecule has 0 saturated heterocycles. The number of hydrogen-bond donors (Lipinski definition) is 2. The Morgan fingerprint density at radius 2 is 1.89 bits per heavy atom. The Labute approximate surface area is 117 Å². The maximum atomic E-state index is 11.9. The predicted molar refractivity (Wildman–Crippen MR) is 74.0 cm³/mol. The van der Waals surface area contributed by atoms with Crippen molar-refractivity contribution in [3.63, 3.8) is 0 Å². The zero-order chi connectivity index (χ0) is 14.6. The second kappa shape index (κ2) is 6.38. The van der Waals surface area contributed by atoms with Crippen LogP contribution in [0.15, 0.2) is 35.4 Å². The van der Waals surface area contributed by atoms with Gasteiger partial charge in [0.2, 0.25) is 5.91 Å². The number of carboxylic acid groups (broad SMARTS) is 1. The maximum Gasteiger partial charge on any atom is 0.331 e. The molecular weight excluding hydrogens is 266 g/mol. The number of carboxylic acids is 1. The van der Waals surface area contributed by atoms with Gasteiger partial charge in [0.25, 0.3) is 0 Å². The number of halogens is 1. The Morgan fingerprint density at radius 1 is 1.26 bits per heavy atom. The van der Waals surface area contributed by atoms with E-state index in [1.54, 1.807) is 18.2 Å². The van der Waals surface area contributed by atoms with E-state index in [-0.39, 0.29) is 17.2 Å². The van der Waals surface area contributed by atoms with Crippen LogP contribution < -0.4 is 5.32 Å². The molecule has 0 aliphatic carbocycles. The van der Waals surface area contributed by atoms with E-state index in [0.29, 0.717) is 5.02 Å². The molecule has 0 radical (unpaired) electrons. The number of benzene rings is 1. The quantitative estimate of drug-likeness (QED) is 0.834. The van der Waals surface area contributed by atoms with Crippen LogP contribution in [-0.4, -0.2) is 17.0 Å². The van der Waals surface area contributed by atoms with Gasteiger partial charge in [0.05, 0.1) is 6.04 Å². The van der Waals surface area contributed by atoms with Crippen LogP contribution >= 0.6 is 11.6 Å². The zero-order valence-electron chi connectivity index (χ0n) is 11.0. The third-order valence-electron chi connectivity index (χ3n) is 2.92. The Bertz CT molecular complexity index is 537. The van der Waals surface area contributed by atoms with Gasteiger partial charge in [0.1, 0.15) is 0 Å². The van der Waals surface area contributed by atoms with Crippen molar-refractivity contribution >= 4 is 23.5 Å². The van der Waals surface area contributed by atoms with Gasteiger partial charge >= 0.3 is 5.97 Å². The molecule has 0 unspecified atom stereocenters. The number of carbonyl (C=O) groups excluding carboxylic acids is 1. The highest BCUT2D eigenvalue weighted by Crippen LogP contribution is 2.18. The summed E-state index contributed by atoms with van der Waals surface area (Å²) in [6.07, 6.45) is 0. The summed E-state index contributed by atoms with van der Waals surface area (Å²) in [6, 6.07) is 6.91. The molecule has 0 spiro atoms. The van der Waals surface area contributed by atoms with Crippen LogP contribution in [0.25, 0.3) is 0 Å². The number of rotatable bonds is 4. The normalized spacial score (nSPS) is 13.5. The largest absolute Gasteiger partial charge is 0.478 e. The number of carbonyl (C=O) groups is 2. The molecule has 5 heteroatoms. The summed E-state index contributed by atoms with van der Waals surface area (Å²) in [5, 5.41) is 12.2.